The van der Waals surface area contributed by atoms with Crippen molar-refractivity contribution >= 4 is 47.3 Å². The molecule has 0 atom stereocenters. The zero-order valence-electron chi connectivity index (χ0n) is 19.0. The number of hydrogen-bond acceptors (Lipinski definition) is 3. The summed E-state index contributed by atoms with van der Waals surface area (Å²) in [6, 6.07) is 14.8. The van der Waals surface area contributed by atoms with Crippen molar-refractivity contribution in [2.45, 2.75) is 19.4 Å². The van der Waals surface area contributed by atoms with E-state index >= 15 is 0 Å². The predicted octanol–water partition coefficient (Wildman–Crippen LogP) is 3.97. The van der Waals surface area contributed by atoms with Crippen LogP contribution in [0.15, 0.2) is 53.5 Å². The molecule has 0 spiro atoms. The number of urea groups is 1. The fraction of sp³-hybridized carbons (Fsp3) is 0.417. The molecule has 2 fully saturated rings. The fourth-order valence-corrected chi connectivity index (χ4v) is 4.26. The van der Waals surface area contributed by atoms with E-state index in [9.17, 15) is 9.18 Å². The minimum absolute atomic E-state index is 0. The number of aliphatic imine (C=N–C) groups is 1. The molecule has 0 aromatic heterocycles. The molecule has 2 aliphatic rings. The van der Waals surface area contributed by atoms with Crippen molar-refractivity contribution in [1.82, 2.24) is 15.1 Å². The maximum atomic E-state index is 14.1. The van der Waals surface area contributed by atoms with Gasteiger partial charge >= 0.3 is 6.03 Å². The highest BCUT2D eigenvalue weighted by Crippen LogP contribution is 2.20. The summed E-state index contributed by atoms with van der Waals surface area (Å²) in [5, 5.41) is 6.41. The average molecular weight is 566 g/mol. The maximum absolute atomic E-state index is 14.1. The van der Waals surface area contributed by atoms with Gasteiger partial charge in [-0.2, -0.15) is 0 Å². The van der Waals surface area contributed by atoms with E-state index in [1.807, 2.05) is 41.3 Å². The molecule has 0 radical (unpaired) electrons. The first kappa shape index (κ1) is 25.1. The number of likely N-dealkylation sites (tertiary alicyclic amines) is 1. The van der Waals surface area contributed by atoms with Gasteiger partial charge in [0.15, 0.2) is 5.96 Å². The lowest BCUT2D eigenvalue weighted by Crippen LogP contribution is -2.52. The molecular weight excluding hydrogens is 534 g/mol. The van der Waals surface area contributed by atoms with Gasteiger partial charge in [0.2, 0.25) is 0 Å². The number of anilines is 2. The van der Waals surface area contributed by atoms with E-state index in [2.05, 4.69) is 25.4 Å². The number of nitrogens with one attached hydrogen (secondary N) is 2. The lowest BCUT2D eigenvalue weighted by Gasteiger charge is -2.37. The number of benzene rings is 2. The van der Waals surface area contributed by atoms with Gasteiger partial charge in [-0.05, 0) is 42.7 Å². The molecule has 0 bridgehead atoms. The number of guanidine groups is 1. The van der Waals surface area contributed by atoms with Crippen molar-refractivity contribution in [2.24, 2.45) is 4.99 Å². The molecule has 7 nitrogen and oxygen atoms in total. The fourth-order valence-electron chi connectivity index (χ4n) is 4.26. The minimum Gasteiger partial charge on any atom is -0.366 e. The average Bonchev–Trinajstić information content (AvgIpc) is 3.36. The van der Waals surface area contributed by atoms with Gasteiger partial charge in [0.05, 0.1) is 5.69 Å². The Bertz CT molecular complexity index is 957. The second-order valence-corrected chi connectivity index (χ2v) is 8.15. The van der Waals surface area contributed by atoms with E-state index in [1.54, 1.807) is 13.1 Å². The molecule has 178 valence electrons. The molecule has 0 aliphatic carbocycles. The van der Waals surface area contributed by atoms with E-state index in [0.717, 1.165) is 69.3 Å². The van der Waals surface area contributed by atoms with E-state index in [1.165, 1.54) is 6.07 Å². The van der Waals surface area contributed by atoms with Gasteiger partial charge in [0, 0.05) is 58.5 Å². The highest BCUT2D eigenvalue weighted by Gasteiger charge is 2.21. The van der Waals surface area contributed by atoms with Crippen LogP contribution in [0.1, 0.15) is 18.4 Å². The SMILES string of the molecule is CN=C(NCc1cccc(NC(=O)N2CCCC2)c1)N1CCN(c2ccccc2F)CC1.I. The Balaban J connectivity index is 0.00000306. The van der Waals surface area contributed by atoms with E-state index in [0.29, 0.717) is 12.2 Å². The van der Waals surface area contributed by atoms with E-state index < -0.39 is 0 Å². The Labute approximate surface area is 212 Å². The number of piperazine rings is 1. The van der Waals surface area contributed by atoms with Gasteiger partial charge in [0.25, 0.3) is 0 Å². The Morgan fingerprint density at radius 1 is 0.970 bits per heavy atom. The summed E-state index contributed by atoms with van der Waals surface area (Å²) >= 11 is 0. The smallest absolute Gasteiger partial charge is 0.321 e. The predicted molar refractivity (Wildman–Crippen MR) is 142 cm³/mol. The molecule has 2 aliphatic heterocycles. The summed E-state index contributed by atoms with van der Waals surface area (Å²) in [6.45, 7) is 5.26. The van der Waals surface area contributed by atoms with Crippen LogP contribution in [0.5, 0.6) is 0 Å². The molecule has 2 heterocycles. The van der Waals surface area contributed by atoms with Crippen LogP contribution < -0.4 is 15.5 Å². The van der Waals surface area contributed by atoms with Crippen LogP contribution in [0.25, 0.3) is 0 Å². The van der Waals surface area contributed by atoms with E-state index in [4.69, 9.17) is 0 Å². The topological polar surface area (TPSA) is 63.2 Å². The number of carbonyl (C=O) groups excluding carboxylic acids is 1. The number of amides is 2. The Hall–Kier alpha value is -2.56. The van der Waals surface area contributed by atoms with Gasteiger partial charge in [-0.15, -0.1) is 24.0 Å². The lowest BCUT2D eigenvalue weighted by atomic mass is 10.2. The first-order chi connectivity index (χ1) is 15.6. The third-order valence-electron chi connectivity index (χ3n) is 6.01. The van der Waals surface area contributed by atoms with Gasteiger partial charge in [0.1, 0.15) is 5.82 Å². The highest BCUT2D eigenvalue weighted by atomic mass is 127. The lowest BCUT2D eigenvalue weighted by molar-refractivity contribution is 0.222. The molecule has 9 heteroatoms. The third-order valence-corrected chi connectivity index (χ3v) is 6.01. The van der Waals surface area contributed by atoms with Crippen LogP contribution in [0.4, 0.5) is 20.6 Å². The van der Waals surface area contributed by atoms with Crippen molar-refractivity contribution in [2.75, 3.05) is 56.5 Å². The number of hydrogen-bond donors (Lipinski definition) is 2. The van der Waals surface area contributed by atoms with Gasteiger partial charge in [-0.1, -0.05) is 24.3 Å². The molecule has 2 saturated heterocycles. The molecule has 2 N–H and O–H groups in total. The summed E-state index contributed by atoms with van der Waals surface area (Å²) in [7, 11) is 1.78. The van der Waals surface area contributed by atoms with Crippen molar-refractivity contribution < 1.29 is 9.18 Å². The molecule has 4 rings (SSSR count). The Morgan fingerprint density at radius 3 is 2.39 bits per heavy atom. The summed E-state index contributed by atoms with van der Waals surface area (Å²) in [6.07, 6.45) is 2.15. The molecular formula is C24H32FIN6O. The number of nitrogens with zero attached hydrogens (tertiary/aromatic N) is 4. The van der Waals surface area contributed by atoms with Crippen LogP contribution in [0.3, 0.4) is 0 Å². The number of halogens is 2. The molecule has 0 saturated carbocycles. The van der Waals surface area contributed by atoms with Gasteiger partial charge in [-0.25, -0.2) is 9.18 Å². The van der Waals surface area contributed by atoms with Crippen molar-refractivity contribution in [3.8, 4) is 0 Å². The highest BCUT2D eigenvalue weighted by molar-refractivity contribution is 14.0. The second-order valence-electron chi connectivity index (χ2n) is 8.15. The van der Waals surface area contributed by atoms with Crippen LogP contribution in [0, 0.1) is 5.82 Å². The number of para-hydroxylation sites is 1. The van der Waals surface area contributed by atoms with Gasteiger partial charge in [-0.3, -0.25) is 4.99 Å². The minimum atomic E-state index is -0.180. The van der Waals surface area contributed by atoms with Gasteiger partial charge < -0.3 is 25.3 Å². The van der Waals surface area contributed by atoms with Crippen molar-refractivity contribution in [1.29, 1.82) is 0 Å². The standard InChI is InChI=1S/C24H31FN6O.HI/c1-26-23(30-15-13-29(14-16-30)22-10-3-2-9-21(22)25)27-18-19-7-6-8-20(17-19)28-24(32)31-11-4-5-12-31;/h2-3,6-10,17H,4-5,11-16,18H2,1H3,(H,26,27)(H,28,32);1H. The first-order valence-corrected chi connectivity index (χ1v) is 11.2. The summed E-state index contributed by atoms with van der Waals surface area (Å²) in [4.78, 5) is 22.9. The van der Waals surface area contributed by atoms with Crippen molar-refractivity contribution in [3.05, 3.63) is 59.9 Å². The number of carbonyl (C=O) groups is 1. The molecule has 0 unspecified atom stereocenters. The molecule has 2 aromatic carbocycles. The molecule has 33 heavy (non-hydrogen) atoms. The Kier molecular flexibility index (Phi) is 9.16. The zero-order valence-corrected chi connectivity index (χ0v) is 21.3. The van der Waals surface area contributed by atoms with Crippen LogP contribution in [-0.2, 0) is 6.54 Å². The zero-order chi connectivity index (χ0) is 22.3. The largest absolute Gasteiger partial charge is 0.366 e. The van der Waals surface area contributed by atoms with Crippen molar-refractivity contribution in [3.63, 3.8) is 0 Å². The third kappa shape index (κ3) is 6.49. The normalized spacial score (nSPS) is 16.4. The second kappa shape index (κ2) is 12.1. The summed E-state index contributed by atoms with van der Waals surface area (Å²) in [5.41, 5.74) is 2.52. The molecule has 2 amide bonds. The van der Waals surface area contributed by atoms with Crippen LogP contribution in [0.2, 0.25) is 0 Å². The maximum Gasteiger partial charge on any atom is 0.321 e. The Morgan fingerprint density at radius 2 is 1.70 bits per heavy atom. The van der Waals surface area contributed by atoms with Crippen LogP contribution >= 0.6 is 24.0 Å². The summed E-state index contributed by atoms with van der Waals surface area (Å²) < 4.78 is 14.1. The van der Waals surface area contributed by atoms with Crippen LogP contribution in [-0.4, -0.2) is 68.1 Å². The monoisotopic (exact) mass is 566 g/mol. The number of rotatable bonds is 4. The first-order valence-electron chi connectivity index (χ1n) is 11.2. The van der Waals surface area contributed by atoms with E-state index in [-0.39, 0.29) is 35.8 Å². The summed E-state index contributed by atoms with van der Waals surface area (Å²) in [5.74, 6) is 0.643. The molecule has 2 aromatic rings. The quantitative estimate of drug-likeness (QED) is 0.334.